The molecular weight excluding hydrogens is 158 g/mol. The van der Waals surface area contributed by atoms with Gasteiger partial charge in [-0.2, -0.15) is 0 Å². The molecule has 74 valence electrons. The lowest BCUT2D eigenvalue weighted by atomic mass is 9.96. The lowest BCUT2D eigenvalue weighted by Gasteiger charge is -2.14. The summed E-state index contributed by atoms with van der Waals surface area (Å²) >= 11 is 0. The summed E-state index contributed by atoms with van der Waals surface area (Å²) < 4.78 is 0. The average molecular weight is 179 g/mol. The van der Waals surface area contributed by atoms with Gasteiger partial charge in [0, 0.05) is 12.7 Å². The van der Waals surface area contributed by atoms with E-state index in [0.717, 1.165) is 6.42 Å². The molecular formula is C12H21N. The molecule has 1 N–H and O–H groups in total. The van der Waals surface area contributed by atoms with Crippen LogP contribution in [0.15, 0.2) is 36.1 Å². The van der Waals surface area contributed by atoms with Gasteiger partial charge >= 0.3 is 0 Å². The molecule has 1 atom stereocenters. The minimum Gasteiger partial charge on any atom is -0.388 e. The average Bonchev–Trinajstić information content (AvgIpc) is 2.17. The van der Waals surface area contributed by atoms with Crippen molar-refractivity contribution in [2.24, 2.45) is 5.92 Å². The predicted molar refractivity (Wildman–Crippen MR) is 60.6 cm³/mol. The molecule has 13 heavy (non-hydrogen) atoms. The molecule has 0 aliphatic heterocycles. The van der Waals surface area contributed by atoms with Crippen molar-refractivity contribution in [1.29, 1.82) is 0 Å². The standard InChI is InChI=1S/C12H21N/c1-6-9-12(13-5)11(8-3)10(4)7-2/h6,8-10,13H,3,7H2,1-2,4-5H3/b9-6-,12-11-. The van der Waals surface area contributed by atoms with Gasteiger partial charge in [0.15, 0.2) is 0 Å². The third-order valence-electron chi connectivity index (χ3n) is 2.28. The molecule has 0 aromatic carbocycles. The number of allylic oxidation sites excluding steroid dienone is 4. The van der Waals surface area contributed by atoms with E-state index in [0.29, 0.717) is 5.92 Å². The Hall–Kier alpha value is -0.980. The smallest absolute Gasteiger partial charge is 0.0369 e. The molecule has 0 aliphatic carbocycles. The van der Waals surface area contributed by atoms with Crippen LogP contribution in [0.5, 0.6) is 0 Å². The van der Waals surface area contributed by atoms with E-state index in [-0.39, 0.29) is 0 Å². The Morgan fingerprint density at radius 1 is 1.54 bits per heavy atom. The van der Waals surface area contributed by atoms with Crippen LogP contribution in [0.4, 0.5) is 0 Å². The zero-order valence-electron chi connectivity index (χ0n) is 9.22. The van der Waals surface area contributed by atoms with Gasteiger partial charge < -0.3 is 5.32 Å². The van der Waals surface area contributed by atoms with Gasteiger partial charge in [0.1, 0.15) is 0 Å². The molecule has 0 aromatic heterocycles. The number of rotatable bonds is 5. The predicted octanol–water partition coefficient (Wildman–Crippen LogP) is 3.27. The third-order valence-corrected chi connectivity index (χ3v) is 2.28. The lowest BCUT2D eigenvalue weighted by molar-refractivity contribution is 0.659. The fraction of sp³-hybridized carbons (Fsp3) is 0.500. The summed E-state index contributed by atoms with van der Waals surface area (Å²) in [7, 11) is 1.95. The number of hydrogen-bond donors (Lipinski definition) is 1. The second kappa shape index (κ2) is 6.53. The Morgan fingerprint density at radius 2 is 2.15 bits per heavy atom. The van der Waals surface area contributed by atoms with Crippen molar-refractivity contribution in [3.8, 4) is 0 Å². The summed E-state index contributed by atoms with van der Waals surface area (Å²) in [6.07, 6.45) is 7.21. The molecule has 0 radical (unpaired) electrons. The maximum atomic E-state index is 3.85. The van der Waals surface area contributed by atoms with Crippen LogP contribution in [0.25, 0.3) is 0 Å². The van der Waals surface area contributed by atoms with Crippen LogP contribution < -0.4 is 5.32 Å². The largest absolute Gasteiger partial charge is 0.388 e. The first kappa shape index (κ1) is 12.0. The molecule has 1 unspecified atom stereocenters. The van der Waals surface area contributed by atoms with Crippen molar-refractivity contribution < 1.29 is 0 Å². The van der Waals surface area contributed by atoms with Crippen LogP contribution in [0.1, 0.15) is 27.2 Å². The van der Waals surface area contributed by atoms with Gasteiger partial charge in [-0.25, -0.2) is 0 Å². The molecule has 0 aromatic rings. The second-order valence-electron chi connectivity index (χ2n) is 3.13. The summed E-state index contributed by atoms with van der Waals surface area (Å²) in [6, 6.07) is 0. The highest BCUT2D eigenvalue weighted by molar-refractivity contribution is 5.32. The van der Waals surface area contributed by atoms with Crippen LogP contribution in [0.2, 0.25) is 0 Å². The normalized spacial score (nSPS) is 15.4. The van der Waals surface area contributed by atoms with Crippen molar-refractivity contribution in [2.45, 2.75) is 27.2 Å². The second-order valence-corrected chi connectivity index (χ2v) is 3.13. The molecule has 0 saturated heterocycles. The van der Waals surface area contributed by atoms with Crippen LogP contribution in [0.3, 0.4) is 0 Å². The molecule has 0 heterocycles. The molecule has 1 nitrogen and oxygen atoms in total. The minimum atomic E-state index is 0.566. The lowest BCUT2D eigenvalue weighted by Crippen LogP contribution is -2.10. The number of nitrogens with one attached hydrogen (secondary N) is 1. The summed E-state index contributed by atoms with van der Waals surface area (Å²) in [5, 5.41) is 3.19. The first-order valence-corrected chi connectivity index (χ1v) is 4.88. The van der Waals surface area contributed by atoms with Crippen molar-refractivity contribution in [3.63, 3.8) is 0 Å². The maximum Gasteiger partial charge on any atom is 0.0369 e. The van der Waals surface area contributed by atoms with E-state index in [9.17, 15) is 0 Å². The van der Waals surface area contributed by atoms with Crippen LogP contribution >= 0.6 is 0 Å². The van der Waals surface area contributed by atoms with Gasteiger partial charge in [0.05, 0.1) is 0 Å². The fourth-order valence-corrected chi connectivity index (χ4v) is 1.29. The highest BCUT2D eigenvalue weighted by Gasteiger charge is 2.06. The number of hydrogen-bond acceptors (Lipinski definition) is 1. The topological polar surface area (TPSA) is 12.0 Å². The van der Waals surface area contributed by atoms with E-state index in [1.807, 2.05) is 26.1 Å². The van der Waals surface area contributed by atoms with E-state index in [2.05, 4.69) is 31.8 Å². The quantitative estimate of drug-likeness (QED) is 0.639. The summed E-state index contributed by atoms with van der Waals surface area (Å²) in [5.74, 6) is 0.566. The van der Waals surface area contributed by atoms with Crippen LogP contribution in [-0.4, -0.2) is 7.05 Å². The van der Waals surface area contributed by atoms with Crippen molar-refractivity contribution in [3.05, 3.63) is 36.1 Å². The summed E-state index contributed by atoms with van der Waals surface area (Å²) in [5.41, 5.74) is 2.47. The van der Waals surface area contributed by atoms with Crippen LogP contribution in [-0.2, 0) is 0 Å². The third kappa shape index (κ3) is 3.49. The van der Waals surface area contributed by atoms with Gasteiger partial charge in [-0.1, -0.05) is 32.6 Å². The Kier molecular flexibility index (Phi) is 6.03. The molecule has 0 fully saturated rings. The molecule has 0 bridgehead atoms. The van der Waals surface area contributed by atoms with Gasteiger partial charge in [-0.05, 0) is 30.9 Å². The van der Waals surface area contributed by atoms with E-state index in [1.54, 1.807) is 0 Å². The Morgan fingerprint density at radius 3 is 2.46 bits per heavy atom. The van der Waals surface area contributed by atoms with E-state index in [4.69, 9.17) is 0 Å². The zero-order chi connectivity index (χ0) is 10.3. The van der Waals surface area contributed by atoms with E-state index in [1.165, 1.54) is 11.3 Å². The molecule has 0 saturated carbocycles. The highest BCUT2D eigenvalue weighted by atomic mass is 14.8. The van der Waals surface area contributed by atoms with E-state index < -0.39 is 0 Å². The first-order valence-electron chi connectivity index (χ1n) is 4.88. The summed E-state index contributed by atoms with van der Waals surface area (Å²) in [6.45, 7) is 10.3. The SMILES string of the molecule is C=C/C(=C(\C=C/C)NC)C(C)CC. The van der Waals surface area contributed by atoms with Gasteiger partial charge in [0.2, 0.25) is 0 Å². The van der Waals surface area contributed by atoms with E-state index >= 15 is 0 Å². The van der Waals surface area contributed by atoms with Crippen molar-refractivity contribution in [1.82, 2.24) is 5.32 Å². The number of likely N-dealkylation sites (N-methyl/N-ethyl adjacent to an activating group) is 1. The first-order chi connectivity index (χ1) is 6.21. The van der Waals surface area contributed by atoms with Gasteiger partial charge in [-0.15, -0.1) is 0 Å². The maximum absolute atomic E-state index is 3.85. The molecule has 0 rings (SSSR count). The molecule has 0 amide bonds. The Balaban J connectivity index is 4.92. The molecule has 0 aliphatic rings. The van der Waals surface area contributed by atoms with Crippen molar-refractivity contribution >= 4 is 0 Å². The Bertz CT molecular complexity index is 211. The zero-order valence-corrected chi connectivity index (χ0v) is 9.22. The summed E-state index contributed by atoms with van der Waals surface area (Å²) in [4.78, 5) is 0. The Labute approximate surface area is 82.2 Å². The van der Waals surface area contributed by atoms with Gasteiger partial charge in [-0.3, -0.25) is 0 Å². The highest BCUT2D eigenvalue weighted by Crippen LogP contribution is 2.18. The molecule has 1 heteroatoms. The fourth-order valence-electron chi connectivity index (χ4n) is 1.29. The van der Waals surface area contributed by atoms with Crippen LogP contribution in [0, 0.1) is 5.92 Å². The minimum absolute atomic E-state index is 0.566. The monoisotopic (exact) mass is 179 g/mol. The molecule has 0 spiro atoms. The van der Waals surface area contributed by atoms with Crippen molar-refractivity contribution in [2.75, 3.05) is 7.05 Å². The van der Waals surface area contributed by atoms with Gasteiger partial charge in [0.25, 0.3) is 0 Å².